The summed E-state index contributed by atoms with van der Waals surface area (Å²) in [6.45, 7) is 8.24. The van der Waals surface area contributed by atoms with Crippen LogP contribution in [0.5, 0.6) is 23.0 Å². The summed E-state index contributed by atoms with van der Waals surface area (Å²) < 4.78 is 34.5. The predicted molar refractivity (Wildman–Crippen MR) is 162 cm³/mol. The summed E-state index contributed by atoms with van der Waals surface area (Å²) in [6, 6.07) is 19.5. The molecule has 0 atom stereocenters. The minimum atomic E-state index is 0.0791. The lowest BCUT2D eigenvalue weighted by Crippen LogP contribution is -2.14. The number of phenolic OH excluding ortho intramolecular Hbond substituents is 2. The number of ether oxygens (including phenoxy) is 6. The number of fused-ring (bicyclic) bond motifs is 8. The molecule has 0 saturated carbocycles. The van der Waals surface area contributed by atoms with Gasteiger partial charge in [-0.1, -0.05) is 60.7 Å². The van der Waals surface area contributed by atoms with Crippen molar-refractivity contribution in [3.63, 3.8) is 0 Å². The first kappa shape index (κ1) is 29.7. The molecule has 5 rings (SSSR count). The van der Waals surface area contributed by atoms with E-state index in [2.05, 4.69) is 6.58 Å². The Morgan fingerprint density at radius 3 is 1.26 bits per heavy atom. The Morgan fingerprint density at radius 2 is 0.857 bits per heavy atom. The molecule has 8 nitrogen and oxygen atoms in total. The molecular formula is C34H38O8. The first-order valence-electron chi connectivity index (χ1n) is 14.3. The van der Waals surface area contributed by atoms with Crippen molar-refractivity contribution in [1.29, 1.82) is 0 Å². The van der Waals surface area contributed by atoms with E-state index in [0.717, 1.165) is 27.1 Å². The standard InChI is InChI=1S/C34H38O8/c1-24-20-27-22-25-6-2-4-8-29(25)33(31(27)35)41-18-16-39-14-12-37-10-11-38-13-15-40-17-19-42-34-30-9-5-3-7-26(30)23-28(21-24)32(34)36/h2-9,22-23,35-36H,1,10-21H2. The Morgan fingerprint density at radius 1 is 0.500 bits per heavy atom. The van der Waals surface area contributed by atoms with Gasteiger partial charge in [-0.3, -0.25) is 0 Å². The Labute approximate surface area is 246 Å². The first-order chi connectivity index (χ1) is 20.6. The van der Waals surface area contributed by atoms with Crippen molar-refractivity contribution in [2.24, 2.45) is 0 Å². The van der Waals surface area contributed by atoms with Gasteiger partial charge in [0.25, 0.3) is 0 Å². The molecule has 2 N–H and O–H groups in total. The minimum absolute atomic E-state index is 0.0791. The summed E-state index contributed by atoms with van der Waals surface area (Å²) in [4.78, 5) is 0. The molecule has 1 aliphatic rings. The van der Waals surface area contributed by atoms with Crippen LogP contribution < -0.4 is 9.47 Å². The number of allylic oxidation sites excluding steroid dienone is 1. The average molecular weight is 575 g/mol. The molecule has 0 unspecified atom stereocenters. The van der Waals surface area contributed by atoms with Crippen LogP contribution in [-0.2, 0) is 31.8 Å². The normalized spacial score (nSPS) is 17.1. The van der Waals surface area contributed by atoms with Gasteiger partial charge in [0, 0.05) is 21.9 Å². The molecule has 0 radical (unpaired) electrons. The average Bonchev–Trinajstić information content (AvgIpc) is 2.99. The Hall–Kier alpha value is -3.82. The topological polar surface area (TPSA) is 95.8 Å². The van der Waals surface area contributed by atoms with Gasteiger partial charge in [0.15, 0.2) is 23.0 Å². The van der Waals surface area contributed by atoms with Gasteiger partial charge in [-0.2, -0.15) is 0 Å². The van der Waals surface area contributed by atoms with Crippen LogP contribution in [0.4, 0.5) is 0 Å². The molecule has 0 saturated heterocycles. The van der Waals surface area contributed by atoms with Crippen LogP contribution in [0.15, 0.2) is 72.8 Å². The third kappa shape index (κ3) is 7.52. The fourth-order valence-electron chi connectivity index (χ4n) is 5.05. The molecule has 42 heavy (non-hydrogen) atoms. The van der Waals surface area contributed by atoms with Gasteiger partial charge in [0.2, 0.25) is 0 Å². The Kier molecular flexibility index (Phi) is 10.5. The highest BCUT2D eigenvalue weighted by molar-refractivity contribution is 5.93. The molecular weight excluding hydrogens is 536 g/mol. The monoisotopic (exact) mass is 574 g/mol. The summed E-state index contributed by atoms with van der Waals surface area (Å²) in [5.41, 5.74) is 2.22. The zero-order valence-electron chi connectivity index (χ0n) is 23.8. The molecule has 8 heteroatoms. The van der Waals surface area contributed by atoms with Gasteiger partial charge in [-0.15, -0.1) is 0 Å². The second-order valence-corrected chi connectivity index (χ2v) is 10.1. The number of phenols is 2. The summed E-state index contributed by atoms with van der Waals surface area (Å²) in [5.74, 6) is 1.00. The quantitative estimate of drug-likeness (QED) is 0.263. The lowest BCUT2D eigenvalue weighted by atomic mass is 9.94. The second-order valence-electron chi connectivity index (χ2n) is 10.1. The van der Waals surface area contributed by atoms with Crippen LogP contribution in [0.2, 0.25) is 0 Å². The van der Waals surface area contributed by atoms with E-state index in [4.69, 9.17) is 28.4 Å². The number of benzene rings is 4. The summed E-state index contributed by atoms with van der Waals surface area (Å²) >= 11 is 0. The van der Waals surface area contributed by atoms with Crippen molar-refractivity contribution in [1.82, 2.24) is 0 Å². The molecule has 0 spiro atoms. The minimum Gasteiger partial charge on any atom is -0.504 e. The lowest BCUT2D eigenvalue weighted by Gasteiger charge is -2.17. The van der Waals surface area contributed by atoms with E-state index in [-0.39, 0.29) is 24.7 Å². The van der Waals surface area contributed by atoms with E-state index in [1.165, 1.54) is 0 Å². The van der Waals surface area contributed by atoms with E-state index in [1.54, 1.807) is 0 Å². The van der Waals surface area contributed by atoms with Gasteiger partial charge in [-0.25, -0.2) is 0 Å². The Balaban J connectivity index is 1.40. The van der Waals surface area contributed by atoms with Crippen LogP contribution in [-0.4, -0.2) is 76.3 Å². The van der Waals surface area contributed by atoms with Crippen LogP contribution in [0.25, 0.3) is 21.5 Å². The maximum Gasteiger partial charge on any atom is 0.169 e. The van der Waals surface area contributed by atoms with Gasteiger partial charge < -0.3 is 38.6 Å². The molecule has 1 heterocycles. The van der Waals surface area contributed by atoms with Crippen molar-refractivity contribution in [3.05, 3.63) is 83.9 Å². The molecule has 0 amide bonds. The van der Waals surface area contributed by atoms with Crippen molar-refractivity contribution < 1.29 is 38.6 Å². The summed E-state index contributed by atoms with van der Waals surface area (Å²) in [5, 5.41) is 26.1. The number of hydrogen-bond acceptors (Lipinski definition) is 8. The van der Waals surface area contributed by atoms with Crippen molar-refractivity contribution in [2.75, 3.05) is 66.1 Å². The zero-order valence-corrected chi connectivity index (χ0v) is 23.8. The molecule has 0 aliphatic carbocycles. The highest BCUT2D eigenvalue weighted by atomic mass is 16.6. The molecule has 4 bridgehead atoms. The SMILES string of the molecule is C=C1Cc2cc3ccccc3c(c2O)OCCOCCOCCOCCOCCOc2c(O)c(cc3ccccc23)C1. The maximum atomic E-state index is 11.3. The fourth-order valence-corrected chi connectivity index (χ4v) is 5.05. The van der Waals surface area contributed by atoms with Crippen LogP contribution in [0.1, 0.15) is 11.1 Å². The largest absolute Gasteiger partial charge is 0.504 e. The van der Waals surface area contributed by atoms with Crippen LogP contribution in [0.3, 0.4) is 0 Å². The molecule has 4 aromatic carbocycles. The van der Waals surface area contributed by atoms with Crippen molar-refractivity contribution in [2.45, 2.75) is 12.8 Å². The lowest BCUT2D eigenvalue weighted by molar-refractivity contribution is -0.00702. The van der Waals surface area contributed by atoms with E-state index in [0.29, 0.717) is 88.3 Å². The van der Waals surface area contributed by atoms with Crippen LogP contribution in [0, 0.1) is 0 Å². The van der Waals surface area contributed by atoms with Gasteiger partial charge in [-0.05, 0) is 35.7 Å². The third-order valence-corrected chi connectivity index (χ3v) is 7.05. The van der Waals surface area contributed by atoms with E-state index in [1.807, 2.05) is 60.7 Å². The van der Waals surface area contributed by atoms with Crippen molar-refractivity contribution >= 4 is 21.5 Å². The molecule has 0 aromatic heterocycles. The molecule has 1 aliphatic heterocycles. The highest BCUT2D eigenvalue weighted by Gasteiger charge is 2.18. The molecule has 4 aromatic rings. The van der Waals surface area contributed by atoms with Crippen LogP contribution >= 0.6 is 0 Å². The fraction of sp³-hybridized carbons (Fsp3) is 0.353. The smallest absolute Gasteiger partial charge is 0.169 e. The van der Waals surface area contributed by atoms with Gasteiger partial charge in [0.05, 0.1) is 52.9 Å². The van der Waals surface area contributed by atoms with E-state index < -0.39 is 0 Å². The number of rotatable bonds is 0. The first-order valence-corrected chi connectivity index (χ1v) is 14.3. The predicted octanol–water partition coefficient (Wildman–Crippen LogP) is 5.58. The third-order valence-electron chi connectivity index (χ3n) is 7.05. The van der Waals surface area contributed by atoms with E-state index >= 15 is 0 Å². The molecule has 222 valence electrons. The van der Waals surface area contributed by atoms with Crippen molar-refractivity contribution in [3.8, 4) is 23.0 Å². The zero-order chi connectivity index (χ0) is 29.1. The number of hydrogen-bond donors (Lipinski definition) is 2. The number of aromatic hydroxyl groups is 2. The summed E-state index contributed by atoms with van der Waals surface area (Å²) in [7, 11) is 0. The highest BCUT2D eigenvalue weighted by Crippen LogP contribution is 2.41. The molecule has 0 fully saturated rings. The maximum absolute atomic E-state index is 11.3. The van der Waals surface area contributed by atoms with E-state index in [9.17, 15) is 10.2 Å². The second kappa shape index (κ2) is 14.9. The van der Waals surface area contributed by atoms with Gasteiger partial charge >= 0.3 is 0 Å². The Bertz CT molecular complexity index is 1390. The van der Waals surface area contributed by atoms with Gasteiger partial charge in [0.1, 0.15) is 13.2 Å². The summed E-state index contributed by atoms with van der Waals surface area (Å²) in [6.07, 6.45) is 0.804.